The van der Waals surface area contributed by atoms with Gasteiger partial charge in [-0.05, 0) is 35.7 Å². The maximum atomic E-state index is 5.24. The molecule has 4 heteroatoms. The SMILES string of the molecule is COc1ccc(-c2ccc(-c3cn[nH]n3)cc2)c(C)c1. The lowest BCUT2D eigenvalue weighted by Gasteiger charge is -2.08. The number of benzene rings is 2. The van der Waals surface area contributed by atoms with Crippen LogP contribution in [0.1, 0.15) is 5.56 Å². The average molecular weight is 265 g/mol. The topological polar surface area (TPSA) is 50.8 Å². The quantitative estimate of drug-likeness (QED) is 0.789. The van der Waals surface area contributed by atoms with Crippen LogP contribution < -0.4 is 4.74 Å². The summed E-state index contributed by atoms with van der Waals surface area (Å²) < 4.78 is 5.24. The van der Waals surface area contributed by atoms with Gasteiger partial charge in [0.15, 0.2) is 0 Å². The van der Waals surface area contributed by atoms with Gasteiger partial charge in [-0.25, -0.2) is 0 Å². The molecular weight excluding hydrogens is 250 g/mol. The maximum absolute atomic E-state index is 5.24. The van der Waals surface area contributed by atoms with Crippen LogP contribution in [0.15, 0.2) is 48.7 Å². The molecular formula is C16H15N3O. The van der Waals surface area contributed by atoms with Crippen LogP contribution in [0.2, 0.25) is 0 Å². The van der Waals surface area contributed by atoms with Gasteiger partial charge < -0.3 is 4.74 Å². The number of H-pyrrole nitrogens is 1. The second-order valence-corrected chi connectivity index (χ2v) is 4.61. The maximum Gasteiger partial charge on any atom is 0.119 e. The van der Waals surface area contributed by atoms with Crippen LogP contribution in [-0.2, 0) is 0 Å². The number of nitrogens with zero attached hydrogens (tertiary/aromatic N) is 2. The van der Waals surface area contributed by atoms with Crippen LogP contribution in [0.25, 0.3) is 22.4 Å². The van der Waals surface area contributed by atoms with Crippen molar-refractivity contribution >= 4 is 0 Å². The Kier molecular flexibility index (Phi) is 3.21. The number of hydrogen-bond acceptors (Lipinski definition) is 3. The first-order valence-corrected chi connectivity index (χ1v) is 6.39. The highest BCUT2D eigenvalue weighted by Gasteiger charge is 2.05. The number of nitrogens with one attached hydrogen (secondary N) is 1. The molecule has 1 heterocycles. The lowest BCUT2D eigenvalue weighted by Crippen LogP contribution is -1.87. The highest BCUT2D eigenvalue weighted by molar-refractivity contribution is 5.71. The lowest BCUT2D eigenvalue weighted by molar-refractivity contribution is 0.414. The molecule has 1 N–H and O–H groups in total. The number of methoxy groups -OCH3 is 1. The van der Waals surface area contributed by atoms with Crippen LogP contribution in [0.5, 0.6) is 5.75 Å². The fourth-order valence-electron chi connectivity index (χ4n) is 2.25. The molecule has 4 nitrogen and oxygen atoms in total. The first-order chi connectivity index (χ1) is 9.78. The third kappa shape index (κ3) is 2.28. The Labute approximate surface area is 117 Å². The van der Waals surface area contributed by atoms with Gasteiger partial charge in [0.25, 0.3) is 0 Å². The fraction of sp³-hybridized carbons (Fsp3) is 0.125. The molecule has 2 aromatic carbocycles. The summed E-state index contributed by atoms with van der Waals surface area (Å²) in [5, 5.41) is 10.5. The van der Waals surface area contributed by atoms with Gasteiger partial charge in [-0.15, -0.1) is 0 Å². The van der Waals surface area contributed by atoms with Gasteiger partial charge in [0.1, 0.15) is 11.4 Å². The highest BCUT2D eigenvalue weighted by Crippen LogP contribution is 2.28. The van der Waals surface area contributed by atoms with E-state index >= 15 is 0 Å². The van der Waals surface area contributed by atoms with E-state index in [0.717, 1.165) is 17.0 Å². The summed E-state index contributed by atoms with van der Waals surface area (Å²) in [5.41, 5.74) is 5.48. The number of aryl methyl sites for hydroxylation is 1. The molecule has 0 radical (unpaired) electrons. The molecule has 0 fully saturated rings. The molecule has 0 unspecified atom stereocenters. The van der Waals surface area contributed by atoms with Crippen LogP contribution in [0, 0.1) is 6.92 Å². The van der Waals surface area contributed by atoms with Crippen molar-refractivity contribution in [2.45, 2.75) is 6.92 Å². The lowest BCUT2D eigenvalue weighted by atomic mass is 9.99. The fourth-order valence-corrected chi connectivity index (χ4v) is 2.25. The molecule has 3 rings (SSSR count). The molecule has 0 amide bonds. The molecule has 3 aromatic rings. The zero-order chi connectivity index (χ0) is 13.9. The Balaban J connectivity index is 1.95. The van der Waals surface area contributed by atoms with E-state index in [1.165, 1.54) is 16.7 Å². The van der Waals surface area contributed by atoms with Crippen molar-refractivity contribution in [2.24, 2.45) is 0 Å². The second kappa shape index (κ2) is 5.17. The number of hydrogen-bond donors (Lipinski definition) is 1. The van der Waals surface area contributed by atoms with Crippen molar-refractivity contribution in [3.63, 3.8) is 0 Å². The largest absolute Gasteiger partial charge is 0.497 e. The van der Waals surface area contributed by atoms with Crippen LogP contribution in [0.4, 0.5) is 0 Å². The second-order valence-electron chi connectivity index (χ2n) is 4.61. The number of aromatic nitrogens is 3. The minimum atomic E-state index is 0.850. The predicted molar refractivity (Wildman–Crippen MR) is 78.5 cm³/mol. The zero-order valence-electron chi connectivity index (χ0n) is 11.4. The summed E-state index contributed by atoms with van der Waals surface area (Å²) in [7, 11) is 1.68. The van der Waals surface area contributed by atoms with E-state index in [9.17, 15) is 0 Å². The molecule has 1 aromatic heterocycles. The van der Waals surface area contributed by atoms with E-state index < -0.39 is 0 Å². The van der Waals surface area contributed by atoms with Gasteiger partial charge in [0.2, 0.25) is 0 Å². The van der Waals surface area contributed by atoms with Crippen LogP contribution in [-0.4, -0.2) is 22.5 Å². The standard InChI is InChI=1S/C16H15N3O/c1-11-9-14(20-2)7-8-15(11)12-3-5-13(6-4-12)16-10-17-19-18-16/h3-10H,1-2H3,(H,17,18,19). The molecule has 100 valence electrons. The van der Waals surface area contributed by atoms with E-state index in [4.69, 9.17) is 4.74 Å². The number of rotatable bonds is 3. The monoisotopic (exact) mass is 265 g/mol. The van der Waals surface area contributed by atoms with Crippen molar-refractivity contribution in [2.75, 3.05) is 7.11 Å². The summed E-state index contributed by atoms with van der Waals surface area (Å²) in [5.74, 6) is 0.880. The van der Waals surface area contributed by atoms with E-state index in [1.54, 1.807) is 13.3 Å². The van der Waals surface area contributed by atoms with Crippen molar-refractivity contribution in [1.29, 1.82) is 0 Å². The molecule has 0 aliphatic rings. The summed E-state index contributed by atoms with van der Waals surface area (Å²) in [6.07, 6.45) is 1.72. The molecule has 0 saturated heterocycles. The van der Waals surface area contributed by atoms with Crippen molar-refractivity contribution < 1.29 is 4.74 Å². The van der Waals surface area contributed by atoms with Gasteiger partial charge in [0.05, 0.1) is 13.3 Å². The molecule has 20 heavy (non-hydrogen) atoms. The van der Waals surface area contributed by atoms with Crippen molar-refractivity contribution in [1.82, 2.24) is 15.4 Å². The predicted octanol–water partition coefficient (Wildman–Crippen LogP) is 3.46. The first-order valence-electron chi connectivity index (χ1n) is 6.39. The number of aromatic amines is 1. The van der Waals surface area contributed by atoms with Gasteiger partial charge >= 0.3 is 0 Å². The Hall–Kier alpha value is -2.62. The van der Waals surface area contributed by atoms with Crippen molar-refractivity contribution in [3.8, 4) is 28.1 Å². The molecule has 0 spiro atoms. The molecule has 0 saturated carbocycles. The Bertz CT molecular complexity index is 703. The van der Waals surface area contributed by atoms with E-state index in [0.29, 0.717) is 0 Å². The summed E-state index contributed by atoms with van der Waals surface area (Å²) in [4.78, 5) is 0. The Morgan fingerprint density at radius 1 is 1.00 bits per heavy atom. The van der Waals surface area contributed by atoms with Gasteiger partial charge in [-0.2, -0.15) is 15.4 Å². The Morgan fingerprint density at radius 2 is 1.75 bits per heavy atom. The average Bonchev–Trinajstić information content (AvgIpc) is 3.01. The first kappa shape index (κ1) is 12.4. The van der Waals surface area contributed by atoms with Crippen LogP contribution in [0.3, 0.4) is 0 Å². The summed E-state index contributed by atoms with van der Waals surface area (Å²) >= 11 is 0. The van der Waals surface area contributed by atoms with Gasteiger partial charge in [-0.1, -0.05) is 30.3 Å². The minimum Gasteiger partial charge on any atom is -0.497 e. The molecule has 0 bridgehead atoms. The van der Waals surface area contributed by atoms with Crippen LogP contribution >= 0.6 is 0 Å². The molecule has 0 aliphatic heterocycles. The third-order valence-electron chi connectivity index (χ3n) is 3.34. The van der Waals surface area contributed by atoms with Gasteiger partial charge in [-0.3, -0.25) is 0 Å². The van der Waals surface area contributed by atoms with E-state index in [1.807, 2.05) is 12.1 Å². The normalized spacial score (nSPS) is 10.5. The molecule has 0 aliphatic carbocycles. The van der Waals surface area contributed by atoms with Crippen molar-refractivity contribution in [3.05, 3.63) is 54.2 Å². The number of ether oxygens (including phenoxy) is 1. The highest BCUT2D eigenvalue weighted by atomic mass is 16.5. The summed E-state index contributed by atoms with van der Waals surface area (Å²) in [6.45, 7) is 2.09. The smallest absolute Gasteiger partial charge is 0.119 e. The third-order valence-corrected chi connectivity index (χ3v) is 3.34. The van der Waals surface area contributed by atoms with E-state index in [-0.39, 0.29) is 0 Å². The minimum absolute atomic E-state index is 0.850. The van der Waals surface area contributed by atoms with E-state index in [2.05, 4.69) is 52.7 Å². The Morgan fingerprint density at radius 3 is 2.35 bits per heavy atom. The van der Waals surface area contributed by atoms with Gasteiger partial charge in [0, 0.05) is 5.56 Å². The zero-order valence-corrected chi connectivity index (χ0v) is 11.4. The summed E-state index contributed by atoms with van der Waals surface area (Å²) in [6, 6.07) is 14.4. The molecule has 0 atom stereocenters.